The first-order valence-corrected chi connectivity index (χ1v) is 12.6. The minimum absolute atomic E-state index is 0.0468. The van der Waals surface area contributed by atoms with Crippen LogP contribution >= 0.6 is 11.6 Å². The molecule has 1 aliphatic rings. The molecule has 0 spiro atoms. The molecule has 2 heterocycles. The molecule has 0 aliphatic carbocycles. The number of nitrogens with zero attached hydrogens (tertiary/aromatic N) is 1. The number of methoxy groups -OCH3 is 1. The molecule has 196 valence electrons. The van der Waals surface area contributed by atoms with E-state index in [1.54, 1.807) is 7.11 Å². The Balaban J connectivity index is 1.54. The van der Waals surface area contributed by atoms with Gasteiger partial charge in [0.05, 0.1) is 13.7 Å². The van der Waals surface area contributed by atoms with Crippen LogP contribution in [0.2, 0.25) is 0 Å². The number of aliphatic hydroxyl groups excluding tert-OH is 1. The fraction of sp³-hybridized carbons (Fsp3) is 0.241. The summed E-state index contributed by atoms with van der Waals surface area (Å²) >= 11 is 6.51. The molecule has 1 aromatic heterocycles. The van der Waals surface area contributed by atoms with Crippen LogP contribution in [-0.4, -0.2) is 46.0 Å². The number of ether oxygens (including phenoxy) is 3. The van der Waals surface area contributed by atoms with Crippen LogP contribution in [0.1, 0.15) is 22.9 Å². The van der Waals surface area contributed by atoms with Gasteiger partial charge in [0.2, 0.25) is 0 Å². The Bertz CT molecular complexity index is 1430. The van der Waals surface area contributed by atoms with E-state index in [0.29, 0.717) is 5.75 Å². The number of nitrogens with one attached hydrogen (secondary N) is 1. The molecule has 38 heavy (non-hydrogen) atoms. The topological polar surface area (TPSA) is 103 Å². The lowest BCUT2D eigenvalue weighted by Crippen LogP contribution is -2.39. The van der Waals surface area contributed by atoms with Gasteiger partial charge in [-0.25, -0.2) is 4.79 Å². The van der Waals surface area contributed by atoms with E-state index in [2.05, 4.69) is 4.98 Å². The van der Waals surface area contributed by atoms with E-state index >= 15 is 0 Å². The predicted octanol–water partition coefficient (Wildman–Crippen LogP) is 3.42. The summed E-state index contributed by atoms with van der Waals surface area (Å²) in [6, 6.07) is 28.4. The second kappa shape index (κ2) is 11.0. The highest BCUT2D eigenvalue weighted by molar-refractivity contribution is 6.21. The smallest absolute Gasteiger partial charge is 0.330 e. The number of aromatic amines is 1. The molecule has 0 amide bonds. The fourth-order valence-electron chi connectivity index (χ4n) is 4.82. The van der Waals surface area contributed by atoms with Gasteiger partial charge in [-0.2, -0.15) is 0 Å². The number of hydrogen-bond acceptors (Lipinski definition) is 6. The Hall–Kier alpha value is -3.69. The first-order chi connectivity index (χ1) is 18.4. The van der Waals surface area contributed by atoms with Crippen molar-refractivity contribution in [2.45, 2.75) is 29.4 Å². The Morgan fingerprint density at radius 3 is 2.05 bits per heavy atom. The Morgan fingerprint density at radius 2 is 1.50 bits per heavy atom. The lowest BCUT2D eigenvalue weighted by Gasteiger charge is -2.37. The highest BCUT2D eigenvalue weighted by Crippen LogP contribution is 2.42. The molecular weight excluding hydrogens is 508 g/mol. The van der Waals surface area contributed by atoms with E-state index in [1.807, 2.05) is 84.9 Å². The maximum absolute atomic E-state index is 12.4. The second-order valence-corrected chi connectivity index (χ2v) is 9.47. The number of benzene rings is 3. The van der Waals surface area contributed by atoms with Crippen LogP contribution in [0.3, 0.4) is 0 Å². The van der Waals surface area contributed by atoms with Crippen molar-refractivity contribution in [2.75, 3.05) is 13.7 Å². The van der Waals surface area contributed by atoms with Gasteiger partial charge < -0.3 is 19.3 Å². The van der Waals surface area contributed by atoms with Gasteiger partial charge in [0.1, 0.15) is 28.9 Å². The van der Waals surface area contributed by atoms with Gasteiger partial charge >= 0.3 is 5.69 Å². The average molecular weight is 535 g/mol. The summed E-state index contributed by atoms with van der Waals surface area (Å²) in [5.41, 5.74) is 0.319. The summed E-state index contributed by atoms with van der Waals surface area (Å²) in [5, 5.41) is 10.0. The fourth-order valence-corrected chi connectivity index (χ4v) is 5.16. The van der Waals surface area contributed by atoms with Crippen LogP contribution in [0.25, 0.3) is 0 Å². The molecule has 4 atom stereocenters. The molecule has 0 radical (unpaired) electrons. The van der Waals surface area contributed by atoms with Crippen LogP contribution in [0.4, 0.5) is 0 Å². The molecule has 1 fully saturated rings. The quantitative estimate of drug-likeness (QED) is 0.265. The highest BCUT2D eigenvalue weighted by atomic mass is 35.5. The molecule has 0 saturated carbocycles. The third-order valence-electron chi connectivity index (χ3n) is 6.74. The molecule has 0 unspecified atom stereocenters. The third-order valence-corrected chi connectivity index (χ3v) is 7.21. The molecule has 5 rings (SSSR count). The van der Waals surface area contributed by atoms with Gasteiger partial charge in [-0.15, -0.1) is 11.6 Å². The summed E-state index contributed by atoms with van der Waals surface area (Å²) in [7, 11) is 1.61. The van der Waals surface area contributed by atoms with E-state index in [4.69, 9.17) is 25.8 Å². The largest absolute Gasteiger partial charge is 0.497 e. The molecule has 1 saturated heterocycles. The summed E-state index contributed by atoms with van der Waals surface area (Å²) in [5.74, 6) is 0.706. The van der Waals surface area contributed by atoms with E-state index in [-0.39, 0.29) is 6.61 Å². The van der Waals surface area contributed by atoms with Gasteiger partial charge in [0.15, 0.2) is 6.23 Å². The number of H-pyrrole nitrogens is 1. The number of halogens is 1. The molecule has 4 aromatic rings. The number of hydrogen-bond donors (Lipinski definition) is 2. The van der Waals surface area contributed by atoms with E-state index in [1.165, 1.54) is 12.3 Å². The molecule has 2 N–H and O–H groups in total. The van der Waals surface area contributed by atoms with Gasteiger partial charge in [-0.05, 0) is 28.8 Å². The lowest BCUT2D eigenvalue weighted by molar-refractivity contribution is -0.0943. The maximum atomic E-state index is 12.4. The van der Waals surface area contributed by atoms with Crippen molar-refractivity contribution < 1.29 is 19.3 Å². The minimum Gasteiger partial charge on any atom is -0.497 e. The molecule has 0 bridgehead atoms. The van der Waals surface area contributed by atoms with Crippen molar-refractivity contribution in [3.05, 3.63) is 135 Å². The zero-order valence-electron chi connectivity index (χ0n) is 20.6. The number of aliphatic hydroxyl groups is 1. The molecule has 3 aromatic carbocycles. The van der Waals surface area contributed by atoms with Crippen LogP contribution in [-0.2, 0) is 15.1 Å². The van der Waals surface area contributed by atoms with Crippen LogP contribution in [0.15, 0.2) is 107 Å². The minimum atomic E-state index is -1.14. The Kier molecular flexibility index (Phi) is 7.49. The average Bonchev–Trinajstić information content (AvgIpc) is 3.23. The molecule has 1 aliphatic heterocycles. The van der Waals surface area contributed by atoms with Crippen molar-refractivity contribution in [3.63, 3.8) is 0 Å². The molecular formula is C29H27ClN2O6. The summed E-state index contributed by atoms with van der Waals surface area (Å²) in [4.78, 5) is 26.0. The monoisotopic (exact) mass is 534 g/mol. The zero-order chi connectivity index (χ0) is 26.7. The van der Waals surface area contributed by atoms with Crippen molar-refractivity contribution in [3.8, 4) is 5.75 Å². The zero-order valence-corrected chi connectivity index (χ0v) is 21.3. The van der Waals surface area contributed by atoms with Crippen LogP contribution in [0.5, 0.6) is 5.75 Å². The third kappa shape index (κ3) is 4.79. The summed E-state index contributed by atoms with van der Waals surface area (Å²) in [6.07, 6.45) is -1.69. The Morgan fingerprint density at radius 1 is 0.921 bits per heavy atom. The maximum Gasteiger partial charge on any atom is 0.330 e. The van der Waals surface area contributed by atoms with Crippen LogP contribution in [0, 0.1) is 0 Å². The summed E-state index contributed by atoms with van der Waals surface area (Å²) in [6.45, 7) is -0.0468. The van der Waals surface area contributed by atoms with Gasteiger partial charge in [0, 0.05) is 12.3 Å². The second-order valence-electron chi connectivity index (χ2n) is 8.97. The number of alkyl halides is 1. The van der Waals surface area contributed by atoms with Crippen molar-refractivity contribution >= 4 is 11.6 Å². The predicted molar refractivity (Wildman–Crippen MR) is 143 cm³/mol. The number of rotatable bonds is 8. The van der Waals surface area contributed by atoms with Crippen molar-refractivity contribution in [1.29, 1.82) is 0 Å². The SMILES string of the molecule is COc1ccc(C(OC[C@H]2O[C@@H](n3ccc(=O)[nH]c3=O)[C@H](Cl)[C@@H]2O)(c2ccccc2)c2ccccc2)cc1. The molecule has 9 heteroatoms. The molecule has 8 nitrogen and oxygen atoms in total. The van der Waals surface area contributed by atoms with E-state index in [0.717, 1.165) is 21.3 Å². The van der Waals surface area contributed by atoms with Crippen molar-refractivity contribution in [1.82, 2.24) is 9.55 Å². The Labute approximate surface area is 224 Å². The van der Waals surface area contributed by atoms with Gasteiger partial charge in [-0.3, -0.25) is 14.3 Å². The van der Waals surface area contributed by atoms with Crippen molar-refractivity contribution in [2.24, 2.45) is 0 Å². The standard InChI is InChI=1S/C29H27ClN2O6/c1-36-22-14-12-21(13-15-22)29(19-8-4-2-5-9-19,20-10-6-3-7-11-20)37-18-23-26(34)25(30)27(38-23)32-17-16-24(33)31-28(32)35/h2-17,23,25-27,34H,18H2,1H3,(H,31,33,35)/t23-,25-,26-,27-/m1/s1. The number of aromatic nitrogens is 2. The van der Waals surface area contributed by atoms with Crippen LogP contribution < -0.4 is 16.0 Å². The van der Waals surface area contributed by atoms with E-state index in [9.17, 15) is 14.7 Å². The lowest BCUT2D eigenvalue weighted by atomic mass is 9.80. The van der Waals surface area contributed by atoms with E-state index < -0.39 is 40.7 Å². The normalized spacial score (nSPS) is 21.3. The summed E-state index contributed by atoms with van der Waals surface area (Å²) < 4.78 is 19.3. The van der Waals surface area contributed by atoms with Gasteiger partial charge in [-0.1, -0.05) is 72.8 Å². The first kappa shape index (κ1) is 25.9. The van der Waals surface area contributed by atoms with Gasteiger partial charge in [0.25, 0.3) is 5.56 Å². The first-order valence-electron chi connectivity index (χ1n) is 12.1. The highest BCUT2D eigenvalue weighted by Gasteiger charge is 2.46.